The van der Waals surface area contributed by atoms with Crippen molar-refractivity contribution in [2.75, 3.05) is 5.32 Å². The summed E-state index contributed by atoms with van der Waals surface area (Å²) in [6.07, 6.45) is 1.96. The molecule has 0 aliphatic heterocycles. The van der Waals surface area contributed by atoms with Gasteiger partial charge in [0.15, 0.2) is 0 Å². The topological polar surface area (TPSA) is 138 Å². The third-order valence-electron chi connectivity index (χ3n) is 3.59. The molecule has 0 bridgehead atoms. The fraction of sp³-hybridized carbons (Fsp3) is 0. The van der Waals surface area contributed by atoms with E-state index < -0.39 is 16.8 Å². The average molecular weight is 421 g/mol. The highest BCUT2D eigenvalue weighted by Gasteiger charge is 2.17. The lowest BCUT2D eigenvalue weighted by molar-refractivity contribution is -0.384. The van der Waals surface area contributed by atoms with Gasteiger partial charge in [-0.3, -0.25) is 10.1 Å². The van der Waals surface area contributed by atoms with Gasteiger partial charge < -0.3 is 15.5 Å². The zero-order valence-corrected chi connectivity index (χ0v) is 15.3. The molecule has 2 aromatic carbocycles. The number of nitro benzene ring substituents is 1. The number of non-ortho nitro benzene ring substituents is 1. The van der Waals surface area contributed by atoms with Gasteiger partial charge in [-0.05, 0) is 24.3 Å². The van der Waals surface area contributed by atoms with Gasteiger partial charge in [0.1, 0.15) is 0 Å². The van der Waals surface area contributed by atoms with Crippen molar-refractivity contribution in [2.24, 2.45) is 0 Å². The summed E-state index contributed by atoms with van der Waals surface area (Å²) in [7, 11) is 0. The molecule has 0 amide bonds. The summed E-state index contributed by atoms with van der Waals surface area (Å²) in [6, 6.07) is 6.94. The lowest BCUT2D eigenvalue weighted by Gasteiger charge is -2.09. The molecule has 28 heavy (non-hydrogen) atoms. The number of hydrogen-bond acceptors (Lipinski definition) is 7. The molecule has 0 unspecified atom stereocenters. The molecular weight excluding hydrogens is 411 g/mol. The number of carboxylic acid groups (broad SMARTS) is 1. The van der Waals surface area contributed by atoms with E-state index in [1.807, 2.05) is 0 Å². The van der Waals surface area contributed by atoms with E-state index in [9.17, 15) is 20.0 Å². The number of rotatable bonds is 5. The monoisotopic (exact) mass is 420 g/mol. The number of aliphatic carboxylic acids is 1. The lowest BCUT2D eigenvalue weighted by atomic mass is 10.1. The van der Waals surface area contributed by atoms with Gasteiger partial charge in [-0.2, -0.15) is 4.98 Å². The van der Waals surface area contributed by atoms with E-state index in [-0.39, 0.29) is 33.1 Å². The molecule has 0 radical (unpaired) electrons. The van der Waals surface area contributed by atoms with Crippen molar-refractivity contribution in [3.63, 3.8) is 0 Å². The number of aromatic nitrogens is 2. The largest absolute Gasteiger partial charge is 0.493 e. The highest BCUT2D eigenvalue weighted by atomic mass is 35.5. The molecule has 9 nitrogen and oxygen atoms in total. The first-order valence-corrected chi connectivity index (χ1v) is 8.32. The molecule has 3 N–H and O–H groups in total. The van der Waals surface area contributed by atoms with E-state index in [2.05, 4.69) is 15.3 Å². The van der Waals surface area contributed by atoms with E-state index in [4.69, 9.17) is 28.3 Å². The number of anilines is 2. The molecule has 0 fully saturated rings. The number of carbonyl (C=O) groups is 1. The third-order valence-corrected chi connectivity index (χ3v) is 4.33. The number of benzene rings is 2. The van der Waals surface area contributed by atoms with Crippen LogP contribution in [0.15, 0.2) is 36.4 Å². The maximum absolute atomic E-state index is 11.1. The lowest BCUT2D eigenvalue weighted by Crippen LogP contribution is -2.00. The van der Waals surface area contributed by atoms with Gasteiger partial charge in [0.2, 0.25) is 11.8 Å². The van der Waals surface area contributed by atoms with Crippen LogP contribution in [-0.4, -0.2) is 31.1 Å². The molecule has 0 aliphatic rings. The van der Waals surface area contributed by atoms with Crippen LogP contribution < -0.4 is 5.32 Å². The van der Waals surface area contributed by atoms with Crippen LogP contribution in [0.2, 0.25) is 10.0 Å². The SMILES string of the molecule is O=C(O)C=Cc1cc([N+](=O)[O-])cc2c(O)nc(Nc3ccc(Cl)c(Cl)c3)nc12. The highest BCUT2D eigenvalue weighted by Crippen LogP contribution is 2.32. The van der Waals surface area contributed by atoms with E-state index in [1.54, 1.807) is 12.1 Å². The molecule has 1 heterocycles. The smallest absolute Gasteiger partial charge is 0.328 e. The molecule has 0 atom stereocenters. The van der Waals surface area contributed by atoms with Gasteiger partial charge in [-0.15, -0.1) is 0 Å². The van der Waals surface area contributed by atoms with Crippen molar-refractivity contribution in [2.45, 2.75) is 0 Å². The van der Waals surface area contributed by atoms with E-state index in [0.29, 0.717) is 10.7 Å². The maximum atomic E-state index is 11.1. The van der Waals surface area contributed by atoms with Crippen molar-refractivity contribution in [3.8, 4) is 5.88 Å². The summed E-state index contributed by atoms with van der Waals surface area (Å²) in [5, 5.41) is 33.7. The van der Waals surface area contributed by atoms with Crippen LogP contribution >= 0.6 is 23.2 Å². The standard InChI is InChI=1S/C17H10Cl2N4O5/c18-12-3-2-9(6-13(12)19)20-17-21-15-8(1-4-14(24)25)5-10(23(27)28)7-11(15)16(26)22-17/h1-7H,(H,24,25)(H2,20,21,22,26). The number of aromatic hydroxyl groups is 1. The van der Waals surface area contributed by atoms with Crippen molar-refractivity contribution in [1.29, 1.82) is 0 Å². The fourth-order valence-corrected chi connectivity index (χ4v) is 2.68. The molecular formula is C17H10Cl2N4O5. The normalized spacial score (nSPS) is 11.1. The molecule has 0 saturated carbocycles. The Kier molecular flexibility index (Phi) is 5.30. The zero-order valence-electron chi connectivity index (χ0n) is 13.8. The highest BCUT2D eigenvalue weighted by molar-refractivity contribution is 6.42. The number of halogens is 2. The second-order valence-electron chi connectivity index (χ2n) is 5.48. The first-order chi connectivity index (χ1) is 13.2. The van der Waals surface area contributed by atoms with Crippen LogP contribution in [0.25, 0.3) is 17.0 Å². The Labute approximate surface area is 167 Å². The number of nitro groups is 1. The second-order valence-corrected chi connectivity index (χ2v) is 6.30. The molecule has 0 aliphatic carbocycles. The predicted octanol–water partition coefficient (Wildman–Crippen LogP) is 4.39. The Balaban J connectivity index is 2.15. The number of hydrogen-bond donors (Lipinski definition) is 3. The summed E-state index contributed by atoms with van der Waals surface area (Å²) in [5.74, 6) is -1.78. The quantitative estimate of drug-likeness (QED) is 0.313. The fourth-order valence-electron chi connectivity index (χ4n) is 2.38. The van der Waals surface area contributed by atoms with Crippen LogP contribution in [0.3, 0.4) is 0 Å². The van der Waals surface area contributed by atoms with Crippen LogP contribution in [-0.2, 0) is 4.79 Å². The summed E-state index contributed by atoms with van der Waals surface area (Å²) < 4.78 is 0. The minimum atomic E-state index is -1.24. The molecule has 11 heteroatoms. The second kappa shape index (κ2) is 7.67. The Bertz CT molecular complexity index is 1150. The molecule has 3 rings (SSSR count). The molecule has 0 saturated heterocycles. The van der Waals surface area contributed by atoms with Crippen LogP contribution in [0, 0.1) is 10.1 Å². The van der Waals surface area contributed by atoms with E-state index in [1.165, 1.54) is 6.07 Å². The summed E-state index contributed by atoms with van der Waals surface area (Å²) in [4.78, 5) is 29.4. The number of nitrogens with one attached hydrogen (secondary N) is 1. The minimum Gasteiger partial charge on any atom is -0.493 e. The first kappa shape index (κ1) is 19.3. The summed E-state index contributed by atoms with van der Waals surface area (Å²) in [5.41, 5.74) is 0.388. The Morgan fingerprint density at radius 3 is 2.57 bits per heavy atom. The third kappa shape index (κ3) is 4.11. The summed E-state index contributed by atoms with van der Waals surface area (Å²) in [6.45, 7) is 0. The van der Waals surface area contributed by atoms with Gasteiger partial charge in [0.25, 0.3) is 5.69 Å². The predicted molar refractivity (Wildman–Crippen MR) is 104 cm³/mol. The van der Waals surface area contributed by atoms with Crippen molar-refractivity contribution in [1.82, 2.24) is 9.97 Å². The van der Waals surface area contributed by atoms with Crippen molar-refractivity contribution < 1.29 is 19.9 Å². The van der Waals surface area contributed by atoms with Crippen LogP contribution in [0.1, 0.15) is 5.56 Å². The van der Waals surface area contributed by atoms with Crippen LogP contribution in [0.5, 0.6) is 5.88 Å². The Morgan fingerprint density at radius 2 is 1.93 bits per heavy atom. The first-order valence-electron chi connectivity index (χ1n) is 7.57. The van der Waals surface area contributed by atoms with Gasteiger partial charge >= 0.3 is 5.97 Å². The maximum Gasteiger partial charge on any atom is 0.328 e. The minimum absolute atomic E-state index is 0.000993. The van der Waals surface area contributed by atoms with E-state index >= 15 is 0 Å². The Morgan fingerprint density at radius 1 is 1.18 bits per heavy atom. The Hall–Kier alpha value is -3.43. The molecule has 3 aromatic rings. The van der Waals surface area contributed by atoms with E-state index in [0.717, 1.165) is 24.3 Å². The average Bonchev–Trinajstić information content (AvgIpc) is 2.62. The van der Waals surface area contributed by atoms with Crippen molar-refractivity contribution in [3.05, 3.63) is 62.1 Å². The van der Waals surface area contributed by atoms with Gasteiger partial charge in [-0.1, -0.05) is 23.2 Å². The number of nitrogens with zero attached hydrogens (tertiary/aromatic N) is 3. The van der Waals surface area contributed by atoms with Gasteiger partial charge in [-0.25, -0.2) is 9.78 Å². The van der Waals surface area contributed by atoms with Gasteiger partial charge in [0.05, 0.1) is 25.9 Å². The molecule has 142 valence electrons. The number of fused-ring (bicyclic) bond motifs is 1. The molecule has 1 aromatic heterocycles. The van der Waals surface area contributed by atoms with Gasteiger partial charge in [0, 0.05) is 29.5 Å². The zero-order chi connectivity index (χ0) is 20.4. The molecule has 0 spiro atoms. The summed E-state index contributed by atoms with van der Waals surface area (Å²) >= 11 is 11.8. The van der Waals surface area contributed by atoms with Crippen molar-refractivity contribution >= 4 is 63.5 Å². The number of carboxylic acids is 1. The van der Waals surface area contributed by atoms with Crippen LogP contribution in [0.4, 0.5) is 17.3 Å².